The van der Waals surface area contributed by atoms with Crippen LogP contribution in [-0.2, 0) is 0 Å². The quantitative estimate of drug-likeness (QED) is 0.807. The molecule has 1 heterocycles. The van der Waals surface area contributed by atoms with Crippen LogP contribution < -0.4 is 5.32 Å². The van der Waals surface area contributed by atoms with Gasteiger partial charge in [-0.25, -0.2) is 0 Å². The number of nitrogens with one attached hydrogen (secondary N) is 1. The number of carbonyl (C=O) groups excluding carboxylic acids is 1. The molecule has 4 nitrogen and oxygen atoms in total. The predicted octanol–water partition coefficient (Wildman–Crippen LogP) is 2.00. The highest BCUT2D eigenvalue weighted by Crippen LogP contribution is 2.13. The number of terminal acetylenes is 1. The molecule has 1 atom stereocenters. The minimum atomic E-state index is -0.108. The largest absolute Gasteiger partial charge is 0.381 e. The van der Waals surface area contributed by atoms with Crippen LogP contribution in [0.3, 0.4) is 0 Å². The monoisotopic (exact) mass is 245 g/mol. The summed E-state index contributed by atoms with van der Waals surface area (Å²) in [7, 11) is 3.41. The molecule has 0 radical (unpaired) electrons. The van der Waals surface area contributed by atoms with Gasteiger partial charge in [0.05, 0.1) is 0 Å². The Labute approximate surface area is 108 Å². The SMILES string of the molecule is C#CCC(CC)Nc1ccnc(C(=O)N(C)C)c1. The maximum atomic E-state index is 11.8. The van der Waals surface area contributed by atoms with Crippen LogP contribution in [0.4, 0.5) is 5.69 Å². The maximum absolute atomic E-state index is 11.8. The Morgan fingerprint density at radius 1 is 1.61 bits per heavy atom. The molecular weight excluding hydrogens is 226 g/mol. The Morgan fingerprint density at radius 2 is 2.33 bits per heavy atom. The third kappa shape index (κ3) is 3.77. The second kappa shape index (κ2) is 6.65. The van der Waals surface area contributed by atoms with Crippen LogP contribution >= 0.6 is 0 Å². The molecule has 0 aliphatic rings. The first-order chi connectivity index (χ1) is 8.58. The summed E-state index contributed by atoms with van der Waals surface area (Å²) in [5, 5.41) is 3.31. The van der Waals surface area contributed by atoms with Crippen LogP contribution in [0.2, 0.25) is 0 Å². The molecule has 0 saturated carbocycles. The Morgan fingerprint density at radius 3 is 2.89 bits per heavy atom. The summed E-state index contributed by atoms with van der Waals surface area (Å²) in [4.78, 5) is 17.4. The molecule has 1 aromatic rings. The average molecular weight is 245 g/mol. The Kier molecular flexibility index (Phi) is 5.19. The van der Waals surface area contributed by atoms with Gasteiger partial charge in [-0.3, -0.25) is 9.78 Å². The number of amides is 1. The molecule has 1 rings (SSSR count). The highest BCUT2D eigenvalue weighted by Gasteiger charge is 2.11. The lowest BCUT2D eigenvalue weighted by atomic mass is 10.1. The van der Waals surface area contributed by atoms with Crippen molar-refractivity contribution in [2.75, 3.05) is 19.4 Å². The van der Waals surface area contributed by atoms with Gasteiger partial charge in [0.15, 0.2) is 0 Å². The summed E-state index contributed by atoms with van der Waals surface area (Å²) in [5.74, 6) is 2.53. The summed E-state index contributed by atoms with van der Waals surface area (Å²) in [6.07, 6.45) is 8.54. The minimum Gasteiger partial charge on any atom is -0.381 e. The van der Waals surface area contributed by atoms with E-state index in [-0.39, 0.29) is 11.9 Å². The fraction of sp³-hybridized carbons (Fsp3) is 0.429. The van der Waals surface area contributed by atoms with Gasteiger partial charge in [0.25, 0.3) is 5.91 Å². The van der Waals surface area contributed by atoms with Crippen molar-refractivity contribution < 1.29 is 4.79 Å². The van der Waals surface area contributed by atoms with Gasteiger partial charge >= 0.3 is 0 Å². The van der Waals surface area contributed by atoms with Crippen LogP contribution in [-0.4, -0.2) is 35.9 Å². The molecule has 18 heavy (non-hydrogen) atoms. The van der Waals surface area contributed by atoms with Gasteiger partial charge in [0.1, 0.15) is 5.69 Å². The second-order valence-corrected chi connectivity index (χ2v) is 4.29. The van der Waals surface area contributed by atoms with Crippen molar-refractivity contribution in [1.29, 1.82) is 0 Å². The Hall–Kier alpha value is -2.02. The fourth-order valence-electron chi connectivity index (χ4n) is 1.54. The summed E-state index contributed by atoms with van der Waals surface area (Å²) in [5.41, 5.74) is 1.30. The normalized spacial score (nSPS) is 11.4. The first kappa shape index (κ1) is 14.0. The molecular formula is C14H19N3O. The topological polar surface area (TPSA) is 45.2 Å². The van der Waals surface area contributed by atoms with E-state index in [1.165, 1.54) is 4.90 Å². The molecule has 1 unspecified atom stereocenters. The molecule has 96 valence electrons. The van der Waals surface area contributed by atoms with Crippen LogP contribution in [0.15, 0.2) is 18.3 Å². The predicted molar refractivity (Wildman–Crippen MR) is 73.4 cm³/mol. The Balaban J connectivity index is 2.82. The number of hydrogen-bond donors (Lipinski definition) is 1. The van der Waals surface area contributed by atoms with Crippen molar-refractivity contribution in [2.24, 2.45) is 0 Å². The van der Waals surface area contributed by atoms with Crippen molar-refractivity contribution >= 4 is 11.6 Å². The van der Waals surface area contributed by atoms with Gasteiger partial charge in [-0.1, -0.05) is 6.92 Å². The fourth-order valence-corrected chi connectivity index (χ4v) is 1.54. The highest BCUT2D eigenvalue weighted by molar-refractivity contribution is 5.92. The zero-order chi connectivity index (χ0) is 13.5. The number of nitrogens with zero attached hydrogens (tertiary/aromatic N) is 2. The smallest absolute Gasteiger partial charge is 0.272 e. The summed E-state index contributed by atoms with van der Waals surface area (Å²) in [6.45, 7) is 2.07. The number of carbonyl (C=O) groups is 1. The summed E-state index contributed by atoms with van der Waals surface area (Å²) >= 11 is 0. The van der Waals surface area contributed by atoms with E-state index >= 15 is 0 Å². The van der Waals surface area contributed by atoms with E-state index in [1.54, 1.807) is 26.4 Å². The van der Waals surface area contributed by atoms with E-state index in [0.29, 0.717) is 12.1 Å². The summed E-state index contributed by atoms with van der Waals surface area (Å²) in [6, 6.07) is 3.81. The van der Waals surface area contributed by atoms with Gasteiger partial charge in [-0.15, -0.1) is 12.3 Å². The first-order valence-electron chi connectivity index (χ1n) is 5.96. The molecule has 0 aliphatic heterocycles. The Bertz CT molecular complexity index is 449. The molecule has 1 amide bonds. The van der Waals surface area contributed by atoms with Crippen LogP contribution in [0.1, 0.15) is 30.3 Å². The molecule has 0 aromatic carbocycles. The van der Waals surface area contributed by atoms with Gasteiger partial charge < -0.3 is 10.2 Å². The first-order valence-corrected chi connectivity index (χ1v) is 5.96. The van der Waals surface area contributed by atoms with Crippen molar-refractivity contribution in [2.45, 2.75) is 25.8 Å². The molecule has 0 spiro atoms. The molecule has 1 aromatic heterocycles. The molecule has 0 saturated heterocycles. The lowest BCUT2D eigenvalue weighted by molar-refractivity contribution is 0.0822. The molecule has 0 fully saturated rings. The van der Waals surface area contributed by atoms with E-state index in [0.717, 1.165) is 12.1 Å². The van der Waals surface area contributed by atoms with Gasteiger partial charge in [0.2, 0.25) is 0 Å². The van der Waals surface area contributed by atoms with Crippen LogP contribution in [0, 0.1) is 12.3 Å². The van der Waals surface area contributed by atoms with E-state index < -0.39 is 0 Å². The van der Waals surface area contributed by atoms with Crippen molar-refractivity contribution in [3.63, 3.8) is 0 Å². The van der Waals surface area contributed by atoms with Crippen LogP contribution in [0.25, 0.3) is 0 Å². The number of rotatable bonds is 5. The van der Waals surface area contributed by atoms with Gasteiger partial charge in [0, 0.05) is 38.4 Å². The number of pyridine rings is 1. The zero-order valence-electron chi connectivity index (χ0n) is 11.1. The molecule has 4 heteroatoms. The lowest BCUT2D eigenvalue weighted by Gasteiger charge is -2.16. The third-order valence-corrected chi connectivity index (χ3v) is 2.61. The van der Waals surface area contributed by atoms with Gasteiger partial charge in [-0.2, -0.15) is 0 Å². The van der Waals surface area contributed by atoms with E-state index in [4.69, 9.17) is 6.42 Å². The van der Waals surface area contributed by atoms with E-state index in [9.17, 15) is 4.79 Å². The van der Waals surface area contributed by atoms with Gasteiger partial charge in [-0.05, 0) is 18.6 Å². The number of hydrogen-bond acceptors (Lipinski definition) is 3. The summed E-state index contributed by atoms with van der Waals surface area (Å²) < 4.78 is 0. The highest BCUT2D eigenvalue weighted by atomic mass is 16.2. The minimum absolute atomic E-state index is 0.108. The molecule has 0 bridgehead atoms. The van der Waals surface area contributed by atoms with Crippen molar-refractivity contribution in [1.82, 2.24) is 9.88 Å². The average Bonchev–Trinajstić information content (AvgIpc) is 2.37. The van der Waals surface area contributed by atoms with E-state index in [1.807, 2.05) is 6.07 Å². The van der Waals surface area contributed by atoms with E-state index in [2.05, 4.69) is 23.1 Å². The molecule has 1 N–H and O–H groups in total. The second-order valence-electron chi connectivity index (χ2n) is 4.29. The standard InChI is InChI=1S/C14H19N3O/c1-5-7-11(6-2)16-12-8-9-15-13(10-12)14(18)17(3)4/h1,8-11H,6-7H2,2-4H3,(H,15,16). The van der Waals surface area contributed by atoms with Crippen molar-refractivity contribution in [3.8, 4) is 12.3 Å². The zero-order valence-corrected chi connectivity index (χ0v) is 11.1. The molecule has 0 aliphatic carbocycles. The van der Waals surface area contributed by atoms with Crippen molar-refractivity contribution in [3.05, 3.63) is 24.0 Å². The van der Waals surface area contributed by atoms with Crippen LogP contribution in [0.5, 0.6) is 0 Å². The maximum Gasteiger partial charge on any atom is 0.272 e. The lowest BCUT2D eigenvalue weighted by Crippen LogP contribution is -2.23. The third-order valence-electron chi connectivity index (χ3n) is 2.61. The number of anilines is 1. The number of aromatic nitrogens is 1.